The molecule has 4 heteroatoms. The lowest BCUT2D eigenvalue weighted by molar-refractivity contribution is -0.130. The third kappa shape index (κ3) is 2.14. The fourth-order valence-corrected chi connectivity index (χ4v) is 1.56. The molecule has 0 saturated carbocycles. The maximum atomic E-state index is 11.5. The fourth-order valence-electron chi connectivity index (χ4n) is 1.56. The Kier molecular flexibility index (Phi) is 2.84. The van der Waals surface area contributed by atoms with Crippen molar-refractivity contribution in [3.63, 3.8) is 0 Å². The van der Waals surface area contributed by atoms with E-state index in [1.165, 1.54) is 0 Å². The summed E-state index contributed by atoms with van der Waals surface area (Å²) in [6, 6.07) is 1.94. The van der Waals surface area contributed by atoms with Gasteiger partial charge in [-0.05, 0) is 24.5 Å². The summed E-state index contributed by atoms with van der Waals surface area (Å²) >= 11 is 0. The van der Waals surface area contributed by atoms with E-state index in [9.17, 15) is 4.79 Å². The van der Waals surface area contributed by atoms with Crippen LogP contribution in [0.25, 0.3) is 0 Å². The Morgan fingerprint density at radius 3 is 3.29 bits per heavy atom. The van der Waals surface area contributed by atoms with Gasteiger partial charge in [-0.25, -0.2) is 0 Å². The van der Waals surface area contributed by atoms with Crippen LogP contribution in [0.2, 0.25) is 0 Å². The lowest BCUT2D eigenvalue weighted by Gasteiger charge is -2.09. The molecule has 0 bridgehead atoms. The molecule has 1 fully saturated rings. The highest BCUT2D eigenvalue weighted by Crippen LogP contribution is 2.11. The molecule has 2 rings (SSSR count). The molecule has 0 spiro atoms. The van der Waals surface area contributed by atoms with Gasteiger partial charge in [0.15, 0.2) is 0 Å². The molecule has 0 aromatic carbocycles. The van der Waals surface area contributed by atoms with Crippen LogP contribution in [0.5, 0.6) is 0 Å². The third-order valence-corrected chi connectivity index (χ3v) is 2.35. The molecule has 1 aromatic rings. The first-order valence-electron chi connectivity index (χ1n) is 4.87. The van der Waals surface area contributed by atoms with Crippen molar-refractivity contribution in [1.29, 1.82) is 0 Å². The van der Waals surface area contributed by atoms with Gasteiger partial charge in [-0.1, -0.05) is 0 Å². The van der Waals surface area contributed by atoms with Crippen LogP contribution in [0.4, 0.5) is 0 Å². The summed E-state index contributed by atoms with van der Waals surface area (Å²) in [4.78, 5) is 14.4. The van der Waals surface area contributed by atoms with Crippen molar-refractivity contribution < 1.29 is 9.53 Å². The van der Waals surface area contributed by atoms with Gasteiger partial charge in [0.25, 0.3) is 0 Å². The van der Waals surface area contributed by atoms with Crippen molar-refractivity contribution in [3.8, 4) is 0 Å². The van der Waals surface area contributed by atoms with E-state index in [4.69, 9.17) is 4.74 Å². The van der Waals surface area contributed by atoms with Crippen molar-refractivity contribution in [2.45, 2.75) is 25.5 Å². The maximum absolute atomic E-state index is 11.5. The van der Waals surface area contributed by atoms with Crippen LogP contribution in [0.3, 0.4) is 0 Å². The molecule has 1 saturated heterocycles. The van der Waals surface area contributed by atoms with Gasteiger partial charge in [-0.2, -0.15) is 0 Å². The van der Waals surface area contributed by atoms with E-state index in [1.54, 1.807) is 0 Å². The van der Waals surface area contributed by atoms with E-state index in [0.29, 0.717) is 13.2 Å². The predicted molar refractivity (Wildman–Crippen MR) is 51.6 cm³/mol. The average molecular weight is 194 g/mol. The van der Waals surface area contributed by atoms with Gasteiger partial charge < -0.3 is 15.0 Å². The second-order valence-corrected chi connectivity index (χ2v) is 3.44. The highest BCUT2D eigenvalue weighted by atomic mass is 16.5. The summed E-state index contributed by atoms with van der Waals surface area (Å²) in [5.41, 5.74) is 1.08. The summed E-state index contributed by atoms with van der Waals surface area (Å²) < 4.78 is 5.26. The number of nitrogens with one attached hydrogen (secondary N) is 2. The van der Waals surface area contributed by atoms with Gasteiger partial charge in [-0.3, -0.25) is 4.79 Å². The van der Waals surface area contributed by atoms with Gasteiger partial charge in [0.05, 0.1) is 0 Å². The van der Waals surface area contributed by atoms with Crippen LogP contribution in [0.15, 0.2) is 18.5 Å². The van der Waals surface area contributed by atoms with Crippen LogP contribution >= 0.6 is 0 Å². The minimum Gasteiger partial charge on any atom is -0.368 e. The minimum atomic E-state index is -0.228. The molecule has 1 aliphatic heterocycles. The van der Waals surface area contributed by atoms with Crippen molar-refractivity contribution in [1.82, 2.24) is 10.3 Å². The van der Waals surface area contributed by atoms with Gasteiger partial charge >= 0.3 is 0 Å². The molecule has 0 radical (unpaired) electrons. The van der Waals surface area contributed by atoms with Crippen molar-refractivity contribution >= 4 is 5.91 Å². The quantitative estimate of drug-likeness (QED) is 0.748. The van der Waals surface area contributed by atoms with E-state index >= 15 is 0 Å². The number of H-pyrrole nitrogens is 1. The number of rotatable bonds is 3. The van der Waals surface area contributed by atoms with E-state index < -0.39 is 0 Å². The van der Waals surface area contributed by atoms with Crippen LogP contribution < -0.4 is 5.32 Å². The van der Waals surface area contributed by atoms with E-state index in [0.717, 1.165) is 18.4 Å². The first-order valence-corrected chi connectivity index (χ1v) is 4.87. The van der Waals surface area contributed by atoms with E-state index in [2.05, 4.69) is 10.3 Å². The van der Waals surface area contributed by atoms with Crippen molar-refractivity contribution in [2.24, 2.45) is 0 Å². The molecule has 0 aliphatic carbocycles. The molecular weight excluding hydrogens is 180 g/mol. The SMILES string of the molecule is O=C(NCc1cc[nH]c1)[C@@H]1CCCO1. The van der Waals surface area contributed by atoms with Gasteiger partial charge in [0.2, 0.25) is 5.91 Å². The summed E-state index contributed by atoms with van der Waals surface area (Å²) in [7, 11) is 0. The Labute approximate surface area is 82.6 Å². The number of aromatic amines is 1. The molecule has 0 unspecified atom stereocenters. The van der Waals surface area contributed by atoms with Gasteiger partial charge in [0.1, 0.15) is 6.10 Å². The molecule has 4 nitrogen and oxygen atoms in total. The predicted octanol–water partition coefficient (Wildman–Crippen LogP) is 0.810. The van der Waals surface area contributed by atoms with Gasteiger partial charge in [-0.15, -0.1) is 0 Å². The molecule has 1 atom stereocenters. The average Bonchev–Trinajstić information content (AvgIpc) is 2.87. The zero-order chi connectivity index (χ0) is 9.80. The second-order valence-electron chi connectivity index (χ2n) is 3.44. The highest BCUT2D eigenvalue weighted by Gasteiger charge is 2.22. The zero-order valence-corrected chi connectivity index (χ0v) is 7.95. The molecule has 2 heterocycles. The highest BCUT2D eigenvalue weighted by molar-refractivity contribution is 5.80. The minimum absolute atomic E-state index is 0.00343. The number of ether oxygens (including phenoxy) is 1. The lowest BCUT2D eigenvalue weighted by Crippen LogP contribution is -2.33. The molecule has 1 aliphatic rings. The molecule has 2 N–H and O–H groups in total. The summed E-state index contributed by atoms with van der Waals surface area (Å²) in [5.74, 6) is 0.00343. The number of carbonyl (C=O) groups is 1. The Bertz CT molecular complexity index is 289. The summed E-state index contributed by atoms with van der Waals surface area (Å²) in [5, 5.41) is 2.84. The fraction of sp³-hybridized carbons (Fsp3) is 0.500. The standard InChI is InChI=1S/C10H14N2O2/c13-10(9-2-1-5-14-9)12-7-8-3-4-11-6-8/h3-4,6,9,11H,1-2,5,7H2,(H,12,13)/t9-/m0/s1. The van der Waals surface area contributed by atoms with E-state index in [1.807, 2.05) is 18.5 Å². The Morgan fingerprint density at radius 2 is 2.64 bits per heavy atom. The first-order chi connectivity index (χ1) is 6.86. The largest absolute Gasteiger partial charge is 0.368 e. The van der Waals surface area contributed by atoms with Gasteiger partial charge in [0, 0.05) is 25.5 Å². The number of aromatic nitrogens is 1. The lowest BCUT2D eigenvalue weighted by atomic mass is 10.2. The van der Waals surface area contributed by atoms with Crippen LogP contribution in [-0.4, -0.2) is 23.6 Å². The smallest absolute Gasteiger partial charge is 0.249 e. The number of carbonyl (C=O) groups excluding carboxylic acids is 1. The number of amides is 1. The Balaban J connectivity index is 1.77. The van der Waals surface area contributed by atoms with Crippen LogP contribution in [-0.2, 0) is 16.1 Å². The molecule has 1 aromatic heterocycles. The number of hydrogen-bond donors (Lipinski definition) is 2. The molecule has 1 amide bonds. The third-order valence-electron chi connectivity index (χ3n) is 2.35. The van der Waals surface area contributed by atoms with Crippen LogP contribution in [0.1, 0.15) is 18.4 Å². The normalized spacial score (nSPS) is 21.0. The summed E-state index contributed by atoms with van der Waals surface area (Å²) in [6.07, 6.45) is 5.32. The topological polar surface area (TPSA) is 54.1 Å². The Hall–Kier alpha value is -1.29. The monoisotopic (exact) mass is 194 g/mol. The van der Waals surface area contributed by atoms with E-state index in [-0.39, 0.29) is 12.0 Å². The van der Waals surface area contributed by atoms with Crippen molar-refractivity contribution in [2.75, 3.05) is 6.61 Å². The molecule has 76 valence electrons. The van der Waals surface area contributed by atoms with Crippen LogP contribution in [0, 0.1) is 0 Å². The first kappa shape index (κ1) is 9.27. The maximum Gasteiger partial charge on any atom is 0.249 e. The molecule has 14 heavy (non-hydrogen) atoms. The Morgan fingerprint density at radius 1 is 1.71 bits per heavy atom. The second kappa shape index (κ2) is 4.28. The number of hydrogen-bond acceptors (Lipinski definition) is 2. The summed E-state index contributed by atoms with van der Waals surface area (Å²) in [6.45, 7) is 1.28. The zero-order valence-electron chi connectivity index (χ0n) is 7.95. The molecular formula is C10H14N2O2. The van der Waals surface area contributed by atoms with Crippen molar-refractivity contribution in [3.05, 3.63) is 24.0 Å².